The van der Waals surface area contributed by atoms with Crippen molar-refractivity contribution in [3.8, 4) is 0 Å². The summed E-state index contributed by atoms with van der Waals surface area (Å²) in [6, 6.07) is 0. The Hall–Kier alpha value is -2.02. The third-order valence-electron chi connectivity index (χ3n) is 1.64. The van der Waals surface area contributed by atoms with Gasteiger partial charge in [-0.15, -0.1) is 0 Å². The first kappa shape index (κ1) is 8.57. The van der Waals surface area contributed by atoms with E-state index in [-0.39, 0.29) is 0 Å². The van der Waals surface area contributed by atoms with Gasteiger partial charge in [0.15, 0.2) is 5.82 Å². The van der Waals surface area contributed by atoms with Crippen LogP contribution < -0.4 is 11.3 Å². The molecule has 2 aromatic heterocycles. The Kier molecular flexibility index (Phi) is 2.32. The van der Waals surface area contributed by atoms with Crippen molar-refractivity contribution < 1.29 is 0 Å². The molecule has 0 aliphatic carbocycles. The number of anilines is 1. The van der Waals surface area contributed by atoms with Gasteiger partial charge in [-0.05, 0) is 0 Å². The second-order valence-corrected chi connectivity index (χ2v) is 2.63. The number of nitrogens with zero attached hydrogens (tertiary/aromatic N) is 5. The van der Waals surface area contributed by atoms with Crippen LogP contribution in [0.15, 0.2) is 25.0 Å². The van der Waals surface area contributed by atoms with Gasteiger partial charge in [-0.2, -0.15) is 5.10 Å². The van der Waals surface area contributed by atoms with Gasteiger partial charge in [-0.3, -0.25) is 4.98 Å². The molecule has 72 valence electrons. The van der Waals surface area contributed by atoms with Gasteiger partial charge in [0.25, 0.3) is 0 Å². The lowest BCUT2D eigenvalue weighted by atomic mass is 10.4. The van der Waals surface area contributed by atoms with E-state index in [1.54, 1.807) is 23.4 Å². The minimum atomic E-state index is 0.535. The van der Waals surface area contributed by atoms with Crippen molar-refractivity contribution in [2.75, 3.05) is 5.43 Å². The summed E-state index contributed by atoms with van der Waals surface area (Å²) >= 11 is 0. The summed E-state index contributed by atoms with van der Waals surface area (Å²) in [7, 11) is 0. The molecule has 0 atom stereocenters. The standard InChI is InChI=1S/C7H9N7/c8-13-7-2-10-6(1-11-7)3-14-5-9-4-12-14/h1-2,4-5H,3,8H2,(H,11,13). The van der Waals surface area contributed by atoms with Crippen LogP contribution in [0.4, 0.5) is 5.82 Å². The molecule has 14 heavy (non-hydrogen) atoms. The third-order valence-corrected chi connectivity index (χ3v) is 1.64. The number of hydrogen-bond acceptors (Lipinski definition) is 6. The number of hydrazine groups is 1. The summed E-state index contributed by atoms with van der Waals surface area (Å²) in [6.45, 7) is 0.553. The quantitative estimate of drug-likeness (QED) is 0.497. The number of rotatable bonds is 3. The van der Waals surface area contributed by atoms with Gasteiger partial charge in [0.1, 0.15) is 12.7 Å². The van der Waals surface area contributed by atoms with Crippen molar-refractivity contribution >= 4 is 5.82 Å². The number of nitrogen functional groups attached to an aromatic ring is 1. The highest BCUT2D eigenvalue weighted by atomic mass is 15.3. The Balaban J connectivity index is 2.10. The molecule has 0 amide bonds. The molecule has 0 unspecified atom stereocenters. The molecule has 0 aromatic carbocycles. The second kappa shape index (κ2) is 3.79. The minimum absolute atomic E-state index is 0.535. The molecule has 0 saturated heterocycles. The molecule has 2 rings (SSSR count). The zero-order chi connectivity index (χ0) is 9.80. The van der Waals surface area contributed by atoms with Crippen LogP contribution in [0.3, 0.4) is 0 Å². The predicted octanol–water partition coefficient (Wildman–Crippen LogP) is -0.598. The largest absolute Gasteiger partial charge is 0.307 e. The van der Waals surface area contributed by atoms with Gasteiger partial charge >= 0.3 is 0 Å². The first-order valence-corrected chi connectivity index (χ1v) is 3.98. The van der Waals surface area contributed by atoms with Crippen LogP contribution >= 0.6 is 0 Å². The molecule has 0 aliphatic rings. The van der Waals surface area contributed by atoms with Gasteiger partial charge in [-0.25, -0.2) is 20.5 Å². The van der Waals surface area contributed by atoms with Gasteiger partial charge in [-0.1, -0.05) is 0 Å². The van der Waals surface area contributed by atoms with Crippen molar-refractivity contribution in [3.63, 3.8) is 0 Å². The first-order chi connectivity index (χ1) is 6.88. The zero-order valence-corrected chi connectivity index (χ0v) is 7.33. The first-order valence-electron chi connectivity index (χ1n) is 3.98. The van der Waals surface area contributed by atoms with E-state index in [2.05, 4.69) is 25.5 Å². The SMILES string of the molecule is NNc1cnc(Cn2cncn2)cn1. The maximum Gasteiger partial charge on any atom is 0.158 e. The Bertz CT molecular complexity index is 379. The monoisotopic (exact) mass is 191 g/mol. The van der Waals surface area contributed by atoms with Gasteiger partial charge in [0.05, 0.1) is 24.6 Å². The second-order valence-electron chi connectivity index (χ2n) is 2.63. The number of nitrogens with two attached hydrogens (primary N) is 1. The fraction of sp³-hybridized carbons (Fsp3) is 0.143. The fourth-order valence-electron chi connectivity index (χ4n) is 0.991. The molecular weight excluding hydrogens is 182 g/mol. The summed E-state index contributed by atoms with van der Waals surface area (Å²) in [4.78, 5) is 12.0. The van der Waals surface area contributed by atoms with E-state index in [4.69, 9.17) is 5.84 Å². The molecule has 2 aromatic rings. The van der Waals surface area contributed by atoms with Crippen molar-refractivity contribution in [1.82, 2.24) is 24.7 Å². The van der Waals surface area contributed by atoms with Crippen molar-refractivity contribution in [2.45, 2.75) is 6.54 Å². The fourth-order valence-corrected chi connectivity index (χ4v) is 0.991. The average molecular weight is 191 g/mol. The van der Waals surface area contributed by atoms with Crippen LogP contribution in [-0.2, 0) is 6.54 Å². The topological polar surface area (TPSA) is 94.5 Å². The van der Waals surface area contributed by atoms with Crippen LogP contribution in [-0.4, -0.2) is 24.7 Å². The highest BCUT2D eigenvalue weighted by Gasteiger charge is 1.97. The number of nitrogens with one attached hydrogen (secondary N) is 1. The van der Waals surface area contributed by atoms with Crippen molar-refractivity contribution in [2.24, 2.45) is 5.84 Å². The summed E-state index contributed by atoms with van der Waals surface area (Å²) in [5, 5.41) is 3.95. The Morgan fingerprint density at radius 2 is 2.29 bits per heavy atom. The van der Waals surface area contributed by atoms with Crippen LogP contribution in [0, 0.1) is 0 Å². The molecule has 0 bridgehead atoms. The maximum atomic E-state index is 5.16. The molecule has 7 nitrogen and oxygen atoms in total. The van der Waals surface area contributed by atoms with Gasteiger partial charge in [0, 0.05) is 0 Å². The number of hydrogen-bond donors (Lipinski definition) is 2. The van der Waals surface area contributed by atoms with E-state index >= 15 is 0 Å². The van der Waals surface area contributed by atoms with E-state index in [9.17, 15) is 0 Å². The van der Waals surface area contributed by atoms with Crippen molar-refractivity contribution in [3.05, 3.63) is 30.7 Å². The van der Waals surface area contributed by atoms with E-state index in [0.29, 0.717) is 12.4 Å². The molecule has 2 heterocycles. The Morgan fingerprint density at radius 3 is 2.86 bits per heavy atom. The van der Waals surface area contributed by atoms with Crippen molar-refractivity contribution in [1.29, 1.82) is 0 Å². The molecule has 3 N–H and O–H groups in total. The summed E-state index contributed by atoms with van der Waals surface area (Å²) in [5.41, 5.74) is 3.21. The van der Waals surface area contributed by atoms with Crippen LogP contribution in [0.5, 0.6) is 0 Å². The number of aromatic nitrogens is 5. The Labute approximate surface area is 80.0 Å². The van der Waals surface area contributed by atoms with E-state index < -0.39 is 0 Å². The van der Waals surface area contributed by atoms with Crippen LogP contribution in [0.25, 0.3) is 0 Å². The molecule has 7 heteroatoms. The summed E-state index contributed by atoms with van der Waals surface area (Å²) < 4.78 is 1.67. The minimum Gasteiger partial charge on any atom is -0.307 e. The smallest absolute Gasteiger partial charge is 0.158 e. The van der Waals surface area contributed by atoms with Gasteiger partial charge < -0.3 is 5.43 Å². The highest BCUT2D eigenvalue weighted by molar-refractivity contribution is 5.28. The Morgan fingerprint density at radius 1 is 1.36 bits per heavy atom. The third kappa shape index (κ3) is 1.83. The summed E-state index contributed by atoms with van der Waals surface area (Å²) in [5.74, 6) is 5.69. The molecule has 0 fully saturated rings. The molecule has 0 aliphatic heterocycles. The highest BCUT2D eigenvalue weighted by Crippen LogP contribution is 1.99. The molecule has 0 spiro atoms. The van der Waals surface area contributed by atoms with E-state index in [1.807, 2.05) is 0 Å². The van der Waals surface area contributed by atoms with E-state index in [1.165, 1.54) is 6.33 Å². The maximum absolute atomic E-state index is 5.16. The van der Waals surface area contributed by atoms with Crippen LogP contribution in [0.2, 0.25) is 0 Å². The summed E-state index contributed by atoms with van der Waals surface area (Å²) in [6.07, 6.45) is 6.29. The lowest BCUT2D eigenvalue weighted by Crippen LogP contribution is -2.10. The van der Waals surface area contributed by atoms with Crippen LogP contribution in [0.1, 0.15) is 5.69 Å². The van der Waals surface area contributed by atoms with E-state index in [0.717, 1.165) is 5.69 Å². The lowest BCUT2D eigenvalue weighted by molar-refractivity contribution is 0.668. The molecule has 0 radical (unpaired) electrons. The predicted molar refractivity (Wildman–Crippen MR) is 49.0 cm³/mol. The van der Waals surface area contributed by atoms with Gasteiger partial charge in [0.2, 0.25) is 0 Å². The molecular formula is C7H9N7. The molecule has 0 saturated carbocycles. The lowest BCUT2D eigenvalue weighted by Gasteiger charge is -2.01. The zero-order valence-electron chi connectivity index (χ0n) is 7.33. The average Bonchev–Trinajstić information content (AvgIpc) is 2.72. The normalized spacial score (nSPS) is 10.1.